The van der Waals surface area contributed by atoms with E-state index in [1.54, 1.807) is 6.07 Å². The van der Waals surface area contributed by atoms with Gasteiger partial charge in [-0.25, -0.2) is 0 Å². The predicted octanol–water partition coefficient (Wildman–Crippen LogP) is 6.37. The van der Waals surface area contributed by atoms with Crippen molar-refractivity contribution in [3.05, 3.63) is 89.0 Å². The van der Waals surface area contributed by atoms with Crippen molar-refractivity contribution in [3.63, 3.8) is 0 Å². The second kappa shape index (κ2) is 10.3. The summed E-state index contributed by atoms with van der Waals surface area (Å²) >= 11 is 1.50. The number of carbonyl (C=O) groups is 2. The molecule has 3 aromatic rings. The van der Waals surface area contributed by atoms with Crippen LogP contribution in [-0.4, -0.2) is 17.1 Å². The number of benzene rings is 3. The molecule has 0 bridgehead atoms. The summed E-state index contributed by atoms with van der Waals surface area (Å²) in [5, 5.41) is 5.78. The van der Waals surface area contributed by atoms with Crippen LogP contribution >= 0.6 is 11.8 Å². The number of nitrogens with one attached hydrogen (secondary N) is 2. The largest absolute Gasteiger partial charge is 0.325 e. The summed E-state index contributed by atoms with van der Waals surface area (Å²) in [5.41, 5.74) is 5.45. The van der Waals surface area contributed by atoms with Crippen molar-refractivity contribution in [2.45, 2.75) is 44.3 Å². The number of anilines is 2. The van der Waals surface area contributed by atoms with Gasteiger partial charge in [0, 0.05) is 21.8 Å². The van der Waals surface area contributed by atoms with E-state index >= 15 is 0 Å². The maximum absolute atomic E-state index is 12.9. The van der Waals surface area contributed by atoms with Crippen LogP contribution in [-0.2, 0) is 4.79 Å². The third-order valence-corrected chi connectivity index (χ3v) is 6.53. The Balaban J connectivity index is 1.69. The highest BCUT2D eigenvalue weighted by Gasteiger charge is 2.19. The van der Waals surface area contributed by atoms with Crippen molar-refractivity contribution in [1.82, 2.24) is 0 Å². The lowest BCUT2D eigenvalue weighted by atomic mass is 10.1. The molecule has 4 nitrogen and oxygen atoms in total. The summed E-state index contributed by atoms with van der Waals surface area (Å²) in [7, 11) is 0. The van der Waals surface area contributed by atoms with Gasteiger partial charge in [-0.3, -0.25) is 9.59 Å². The van der Waals surface area contributed by atoms with Gasteiger partial charge in [-0.1, -0.05) is 42.8 Å². The van der Waals surface area contributed by atoms with Gasteiger partial charge in [-0.05, 0) is 74.7 Å². The minimum Gasteiger partial charge on any atom is -0.325 e. The summed E-state index contributed by atoms with van der Waals surface area (Å²) < 4.78 is 0. The number of carbonyl (C=O) groups excluding carboxylic acids is 2. The van der Waals surface area contributed by atoms with Crippen LogP contribution in [0.25, 0.3) is 0 Å². The lowest BCUT2D eigenvalue weighted by Crippen LogP contribution is -2.25. The summed E-state index contributed by atoms with van der Waals surface area (Å²) in [6, 6.07) is 21.0. The summed E-state index contributed by atoms with van der Waals surface area (Å²) in [4.78, 5) is 26.4. The average Bonchev–Trinajstić information content (AvgIpc) is 2.75. The smallest absolute Gasteiger partial charge is 0.255 e. The van der Waals surface area contributed by atoms with E-state index in [2.05, 4.69) is 10.6 Å². The second-order valence-electron chi connectivity index (χ2n) is 7.60. The molecule has 0 aliphatic heterocycles. The van der Waals surface area contributed by atoms with E-state index in [0.717, 1.165) is 27.3 Å². The van der Waals surface area contributed by atoms with Gasteiger partial charge in [0.2, 0.25) is 5.91 Å². The molecule has 0 aromatic heterocycles. The number of amides is 2. The van der Waals surface area contributed by atoms with E-state index in [9.17, 15) is 9.59 Å². The molecule has 3 rings (SSSR count). The molecule has 2 N–H and O–H groups in total. The first-order valence-electron chi connectivity index (χ1n) is 10.4. The van der Waals surface area contributed by atoms with Crippen LogP contribution in [0.15, 0.2) is 71.6 Å². The first-order chi connectivity index (χ1) is 14.9. The molecule has 0 radical (unpaired) electrons. The van der Waals surface area contributed by atoms with Crippen LogP contribution < -0.4 is 10.6 Å². The summed E-state index contributed by atoms with van der Waals surface area (Å²) in [6.45, 7) is 8.01. The van der Waals surface area contributed by atoms with Gasteiger partial charge in [0.05, 0.1) is 5.25 Å². The molecule has 1 unspecified atom stereocenters. The van der Waals surface area contributed by atoms with E-state index in [1.807, 2.05) is 88.4 Å². The fraction of sp³-hybridized carbons (Fsp3) is 0.231. The molecule has 0 aliphatic rings. The molecular formula is C26H28N2O2S. The molecule has 0 aliphatic carbocycles. The fourth-order valence-electron chi connectivity index (χ4n) is 3.22. The highest BCUT2D eigenvalue weighted by atomic mass is 32.2. The third-order valence-electron chi connectivity index (χ3n) is 5.18. The number of aryl methyl sites for hydroxylation is 2. The average molecular weight is 433 g/mol. The standard InChI is InChI=1S/C26H28N2O2S/c1-5-24(26(30)28-23-14-7-10-18(3)19(23)4)31-22-13-8-12-21(16-22)27-25(29)20-11-6-9-17(2)15-20/h6-16,24H,5H2,1-4H3,(H,27,29)(H,28,30). The minimum atomic E-state index is -0.234. The Labute approximate surface area is 188 Å². The highest BCUT2D eigenvalue weighted by molar-refractivity contribution is 8.00. The molecule has 0 fully saturated rings. The number of thioether (sulfide) groups is 1. The first kappa shape index (κ1) is 22.6. The molecule has 3 aromatic carbocycles. The molecule has 0 heterocycles. The number of rotatable bonds is 7. The quantitative estimate of drug-likeness (QED) is 0.426. The van der Waals surface area contributed by atoms with E-state index in [4.69, 9.17) is 0 Å². The van der Waals surface area contributed by atoms with Crippen LogP contribution in [0.1, 0.15) is 40.4 Å². The normalized spacial score (nSPS) is 11.6. The Morgan fingerprint density at radius 1 is 0.903 bits per heavy atom. The number of hydrogen-bond donors (Lipinski definition) is 2. The van der Waals surface area contributed by atoms with Gasteiger partial charge in [-0.2, -0.15) is 0 Å². The third kappa shape index (κ3) is 5.98. The maximum atomic E-state index is 12.9. The molecular weight excluding hydrogens is 404 g/mol. The maximum Gasteiger partial charge on any atom is 0.255 e. The van der Waals surface area contributed by atoms with Crippen molar-refractivity contribution >= 4 is 35.0 Å². The minimum absolute atomic E-state index is 0.0181. The zero-order valence-corrected chi connectivity index (χ0v) is 19.2. The van der Waals surface area contributed by atoms with Crippen molar-refractivity contribution in [2.75, 3.05) is 10.6 Å². The van der Waals surface area contributed by atoms with E-state index in [-0.39, 0.29) is 17.1 Å². The van der Waals surface area contributed by atoms with Crippen LogP contribution in [0.4, 0.5) is 11.4 Å². The Hall–Kier alpha value is -3.05. The topological polar surface area (TPSA) is 58.2 Å². The van der Waals surface area contributed by atoms with Crippen molar-refractivity contribution in [3.8, 4) is 0 Å². The lowest BCUT2D eigenvalue weighted by Gasteiger charge is -2.17. The van der Waals surface area contributed by atoms with Crippen molar-refractivity contribution < 1.29 is 9.59 Å². The van der Waals surface area contributed by atoms with Gasteiger partial charge in [0.25, 0.3) is 5.91 Å². The van der Waals surface area contributed by atoms with Gasteiger partial charge >= 0.3 is 0 Å². The van der Waals surface area contributed by atoms with Gasteiger partial charge in [0.1, 0.15) is 0 Å². The molecule has 160 valence electrons. The van der Waals surface area contributed by atoms with Crippen LogP contribution in [0, 0.1) is 20.8 Å². The van der Waals surface area contributed by atoms with Crippen LogP contribution in [0.5, 0.6) is 0 Å². The predicted molar refractivity (Wildman–Crippen MR) is 130 cm³/mol. The fourth-order valence-corrected chi connectivity index (χ4v) is 4.24. The van der Waals surface area contributed by atoms with Gasteiger partial charge < -0.3 is 10.6 Å². The van der Waals surface area contributed by atoms with Crippen molar-refractivity contribution in [1.29, 1.82) is 0 Å². The molecule has 0 saturated carbocycles. The molecule has 5 heteroatoms. The molecule has 1 atom stereocenters. The van der Waals surface area contributed by atoms with Gasteiger partial charge in [0.15, 0.2) is 0 Å². The Morgan fingerprint density at radius 3 is 2.39 bits per heavy atom. The van der Waals surface area contributed by atoms with Gasteiger partial charge in [-0.15, -0.1) is 11.8 Å². The summed E-state index contributed by atoms with van der Waals surface area (Å²) in [5.74, 6) is -0.166. The zero-order chi connectivity index (χ0) is 22.4. The van der Waals surface area contributed by atoms with Crippen LogP contribution in [0.2, 0.25) is 0 Å². The monoisotopic (exact) mass is 432 g/mol. The highest BCUT2D eigenvalue weighted by Crippen LogP contribution is 2.29. The number of hydrogen-bond acceptors (Lipinski definition) is 3. The summed E-state index contributed by atoms with van der Waals surface area (Å²) in [6.07, 6.45) is 0.696. The van der Waals surface area contributed by atoms with E-state index in [0.29, 0.717) is 17.7 Å². The zero-order valence-electron chi connectivity index (χ0n) is 18.4. The lowest BCUT2D eigenvalue weighted by molar-refractivity contribution is -0.115. The van der Waals surface area contributed by atoms with Crippen molar-refractivity contribution in [2.24, 2.45) is 0 Å². The Bertz CT molecular complexity index is 1090. The molecule has 0 saturated heterocycles. The second-order valence-corrected chi connectivity index (χ2v) is 8.88. The molecule has 31 heavy (non-hydrogen) atoms. The Kier molecular flexibility index (Phi) is 7.53. The molecule has 0 spiro atoms. The van der Waals surface area contributed by atoms with Crippen LogP contribution in [0.3, 0.4) is 0 Å². The van der Waals surface area contributed by atoms with E-state index in [1.165, 1.54) is 11.8 Å². The first-order valence-corrected chi connectivity index (χ1v) is 11.3. The Morgan fingerprint density at radius 2 is 1.65 bits per heavy atom. The SMILES string of the molecule is CCC(Sc1cccc(NC(=O)c2cccc(C)c2)c1)C(=O)Nc1cccc(C)c1C. The van der Waals surface area contributed by atoms with E-state index < -0.39 is 0 Å². The molecule has 2 amide bonds.